The number of hydrogen-bond acceptors (Lipinski definition) is 4. The van der Waals surface area contributed by atoms with Crippen LogP contribution in [0.25, 0.3) is 5.82 Å². The molecule has 0 aromatic carbocycles. The average molecular weight is 424 g/mol. The van der Waals surface area contributed by atoms with E-state index in [1.807, 2.05) is 0 Å². The van der Waals surface area contributed by atoms with Gasteiger partial charge < -0.3 is 5.32 Å². The zero-order valence-electron chi connectivity index (χ0n) is 15.3. The molecule has 1 aliphatic rings. The van der Waals surface area contributed by atoms with Crippen LogP contribution in [0.2, 0.25) is 0 Å². The number of amides is 1. The van der Waals surface area contributed by atoms with Crippen molar-refractivity contribution in [3.05, 3.63) is 59.6 Å². The summed E-state index contributed by atoms with van der Waals surface area (Å²) in [5, 5.41) is 6.31. The number of aromatic nitrogens is 3. The van der Waals surface area contributed by atoms with Crippen LogP contribution in [-0.4, -0.2) is 26.9 Å². The number of pyridine rings is 1. The van der Waals surface area contributed by atoms with Crippen LogP contribution in [0.4, 0.5) is 18.9 Å². The summed E-state index contributed by atoms with van der Waals surface area (Å²) < 4.78 is 43.7. The summed E-state index contributed by atoms with van der Waals surface area (Å²) in [7, 11) is 0. The van der Waals surface area contributed by atoms with Crippen molar-refractivity contribution in [3.8, 4) is 5.82 Å². The lowest BCUT2D eigenvalue weighted by Gasteiger charge is -2.08. The third-order valence-electron chi connectivity index (χ3n) is 4.16. The number of alkyl halides is 3. The summed E-state index contributed by atoms with van der Waals surface area (Å²) in [6.45, 7) is 1.79. The zero-order valence-corrected chi connectivity index (χ0v) is 16.1. The molecular formula is C19H17ClF3N5O. The zero-order chi connectivity index (χ0) is 21.0. The highest BCUT2D eigenvalue weighted by molar-refractivity contribution is 6.24. The molecule has 2 aromatic heterocycles. The number of halogens is 4. The van der Waals surface area contributed by atoms with Crippen molar-refractivity contribution in [1.82, 2.24) is 14.8 Å². The van der Waals surface area contributed by atoms with E-state index in [0.717, 1.165) is 18.9 Å². The molecule has 1 amide bonds. The van der Waals surface area contributed by atoms with Crippen molar-refractivity contribution in [2.75, 3.05) is 5.32 Å². The summed E-state index contributed by atoms with van der Waals surface area (Å²) in [4.78, 5) is 16.5. The van der Waals surface area contributed by atoms with Crippen LogP contribution in [0.3, 0.4) is 0 Å². The second-order valence-electron chi connectivity index (χ2n) is 6.37. The van der Waals surface area contributed by atoms with E-state index in [0.29, 0.717) is 11.4 Å². The molecular weight excluding hydrogens is 407 g/mol. The molecule has 0 spiro atoms. The molecule has 6 nitrogen and oxygen atoms in total. The molecule has 1 saturated carbocycles. The van der Waals surface area contributed by atoms with Crippen LogP contribution >= 0.6 is 11.8 Å². The quantitative estimate of drug-likeness (QED) is 0.411. The molecule has 2 heterocycles. The molecule has 152 valence electrons. The first-order chi connectivity index (χ1) is 13.8. The first-order valence-corrected chi connectivity index (χ1v) is 9.09. The Morgan fingerprint density at radius 3 is 2.69 bits per heavy atom. The molecule has 0 unspecified atom stereocenters. The van der Waals surface area contributed by atoms with Gasteiger partial charge in [-0.1, -0.05) is 12.2 Å². The molecule has 1 N–H and O–H groups in total. The Bertz CT molecular complexity index is 973. The van der Waals surface area contributed by atoms with Crippen molar-refractivity contribution in [3.63, 3.8) is 0 Å². The molecule has 0 bridgehead atoms. The van der Waals surface area contributed by atoms with Crippen LogP contribution in [0, 0.1) is 0 Å². The standard InChI is InChI=1S/C19H17ClF3N5O/c1-2-3-4-13(10-25-20)18(29)26-14-7-8-17(24-11-14)28-15(12-5-6-12)9-16(27-28)19(21,22)23/h2-4,7-12H,5-6H2,1H3,(H,26,29)/b3-2-,13-4+,25-10?. The minimum absolute atomic E-state index is 0.0499. The Labute approximate surface area is 169 Å². The maximum absolute atomic E-state index is 13.0. The van der Waals surface area contributed by atoms with E-state index in [1.54, 1.807) is 19.1 Å². The smallest absolute Gasteiger partial charge is 0.321 e. The van der Waals surface area contributed by atoms with Crippen molar-refractivity contribution < 1.29 is 18.0 Å². The average Bonchev–Trinajstić information content (AvgIpc) is 3.42. The highest BCUT2D eigenvalue weighted by Gasteiger charge is 2.38. The molecule has 0 radical (unpaired) electrons. The van der Waals surface area contributed by atoms with Crippen LogP contribution in [-0.2, 0) is 11.0 Å². The minimum atomic E-state index is -4.53. The van der Waals surface area contributed by atoms with Crippen LogP contribution in [0.1, 0.15) is 37.1 Å². The fourth-order valence-electron chi connectivity index (χ4n) is 2.61. The number of carbonyl (C=O) groups excluding carboxylic acids is 1. The van der Waals surface area contributed by atoms with Crippen molar-refractivity contribution in [1.29, 1.82) is 0 Å². The van der Waals surface area contributed by atoms with Gasteiger partial charge in [-0.05, 0) is 44.0 Å². The number of allylic oxidation sites excluding steroid dienone is 3. The summed E-state index contributed by atoms with van der Waals surface area (Å²) in [6.07, 6.45) is 4.59. The van der Waals surface area contributed by atoms with Crippen molar-refractivity contribution in [2.24, 2.45) is 4.51 Å². The normalized spacial score (nSPS) is 15.4. The third kappa shape index (κ3) is 5.11. The minimum Gasteiger partial charge on any atom is -0.321 e. The number of nitrogens with one attached hydrogen (secondary N) is 1. The lowest BCUT2D eigenvalue weighted by molar-refractivity contribution is -0.141. The molecule has 2 aromatic rings. The highest BCUT2D eigenvalue weighted by Crippen LogP contribution is 2.42. The fourth-order valence-corrected chi connectivity index (χ4v) is 2.71. The summed E-state index contributed by atoms with van der Waals surface area (Å²) in [5.41, 5.74) is 0.124. The third-order valence-corrected chi connectivity index (χ3v) is 4.26. The van der Waals surface area contributed by atoms with Gasteiger partial charge >= 0.3 is 6.18 Å². The Morgan fingerprint density at radius 2 is 2.14 bits per heavy atom. The molecule has 0 saturated heterocycles. The van der Waals surface area contributed by atoms with Crippen LogP contribution in [0.15, 0.2) is 52.7 Å². The number of anilines is 1. The first-order valence-electron chi connectivity index (χ1n) is 8.75. The van der Waals surface area contributed by atoms with Crippen LogP contribution in [0.5, 0.6) is 0 Å². The van der Waals surface area contributed by atoms with E-state index < -0.39 is 17.8 Å². The largest absolute Gasteiger partial charge is 0.435 e. The Hall–Kier alpha value is -2.94. The van der Waals surface area contributed by atoms with Gasteiger partial charge in [-0.25, -0.2) is 9.67 Å². The summed E-state index contributed by atoms with van der Waals surface area (Å²) in [6, 6.07) is 4.11. The predicted molar refractivity (Wildman–Crippen MR) is 104 cm³/mol. The van der Waals surface area contributed by atoms with Gasteiger partial charge in [-0.15, -0.1) is 0 Å². The van der Waals surface area contributed by atoms with Gasteiger partial charge in [-0.3, -0.25) is 4.79 Å². The lowest BCUT2D eigenvalue weighted by atomic mass is 10.2. The van der Waals surface area contributed by atoms with Gasteiger partial charge in [0.15, 0.2) is 11.5 Å². The Morgan fingerprint density at radius 1 is 1.38 bits per heavy atom. The SMILES string of the molecule is C/C=C\C=C(/C=NCl)C(=O)Nc1ccc(-n2nc(C(F)(F)F)cc2C2CC2)nc1. The van der Waals surface area contributed by atoms with E-state index >= 15 is 0 Å². The van der Waals surface area contributed by atoms with Gasteiger partial charge in [0.1, 0.15) is 0 Å². The predicted octanol–water partition coefficient (Wildman–Crippen LogP) is 4.83. The highest BCUT2D eigenvalue weighted by atomic mass is 35.5. The van der Waals surface area contributed by atoms with Gasteiger partial charge in [-0.2, -0.15) is 22.8 Å². The summed E-state index contributed by atoms with van der Waals surface area (Å²) >= 11 is 5.31. The Balaban J connectivity index is 1.82. The second-order valence-corrected chi connectivity index (χ2v) is 6.57. The fraction of sp³-hybridized carbons (Fsp3) is 0.263. The first kappa shape index (κ1) is 20.8. The van der Waals surface area contributed by atoms with Gasteiger partial charge in [0.25, 0.3) is 5.91 Å². The van der Waals surface area contributed by atoms with Crippen molar-refractivity contribution in [2.45, 2.75) is 31.9 Å². The lowest BCUT2D eigenvalue weighted by Crippen LogP contribution is -2.15. The maximum Gasteiger partial charge on any atom is 0.435 e. The van der Waals surface area contributed by atoms with E-state index in [-0.39, 0.29) is 17.3 Å². The van der Waals surface area contributed by atoms with Crippen molar-refractivity contribution >= 4 is 29.6 Å². The molecule has 0 aliphatic heterocycles. The molecule has 1 aliphatic carbocycles. The monoisotopic (exact) mass is 423 g/mol. The van der Waals surface area contributed by atoms with E-state index in [2.05, 4.69) is 19.9 Å². The van der Waals surface area contributed by atoms with E-state index in [4.69, 9.17) is 11.8 Å². The number of hydrogen-bond donors (Lipinski definition) is 1. The molecule has 29 heavy (non-hydrogen) atoms. The van der Waals surface area contributed by atoms with Crippen LogP contribution < -0.4 is 5.32 Å². The van der Waals surface area contributed by atoms with E-state index in [9.17, 15) is 18.0 Å². The molecule has 10 heteroatoms. The number of nitrogens with zero attached hydrogens (tertiary/aromatic N) is 4. The van der Waals surface area contributed by atoms with Gasteiger partial charge in [0, 0.05) is 23.4 Å². The van der Waals surface area contributed by atoms with Gasteiger partial charge in [0.2, 0.25) is 0 Å². The maximum atomic E-state index is 13.0. The number of rotatable bonds is 6. The Kier molecular flexibility index (Phi) is 6.17. The number of carbonyl (C=O) groups is 1. The second kappa shape index (κ2) is 8.60. The van der Waals surface area contributed by atoms with Gasteiger partial charge in [0.05, 0.1) is 23.7 Å². The summed E-state index contributed by atoms with van der Waals surface area (Å²) in [5.74, 6) is -0.166. The molecule has 3 rings (SSSR count). The molecule has 0 atom stereocenters. The molecule has 1 fully saturated rings. The topological polar surface area (TPSA) is 72.2 Å². The van der Waals surface area contributed by atoms with E-state index in [1.165, 1.54) is 35.3 Å².